The Kier molecular flexibility index (Phi) is 5.26. The zero-order valence-corrected chi connectivity index (χ0v) is 18.6. The molecule has 0 bridgehead atoms. The molecule has 1 aromatic heterocycles. The van der Waals surface area contributed by atoms with Crippen molar-refractivity contribution in [2.45, 2.75) is 18.0 Å². The Hall–Kier alpha value is -3.49. The molecule has 168 valence electrons. The smallest absolute Gasteiger partial charge is 0.325 e. The van der Waals surface area contributed by atoms with Crippen LogP contribution in [0.25, 0.3) is 0 Å². The number of fused-ring (bicyclic) bond motifs is 1. The first kappa shape index (κ1) is 21.4. The van der Waals surface area contributed by atoms with Crippen LogP contribution in [0.2, 0.25) is 0 Å². The summed E-state index contributed by atoms with van der Waals surface area (Å²) in [5.41, 5.74) is -0.535. The van der Waals surface area contributed by atoms with E-state index >= 15 is 0 Å². The fourth-order valence-electron chi connectivity index (χ4n) is 5.12. The number of hydrogen-bond donors (Lipinski definition) is 2. The van der Waals surface area contributed by atoms with Crippen molar-refractivity contribution in [1.29, 1.82) is 0 Å². The molecule has 2 aliphatic heterocycles. The number of anilines is 1. The molecule has 3 aromatic rings. The Morgan fingerprint density at radius 2 is 1.79 bits per heavy atom. The number of methoxy groups -OCH3 is 1. The van der Waals surface area contributed by atoms with Crippen molar-refractivity contribution in [3.63, 3.8) is 0 Å². The van der Waals surface area contributed by atoms with Crippen LogP contribution in [-0.4, -0.2) is 35.5 Å². The number of hydrogen-bond acceptors (Lipinski definition) is 6. The molecule has 33 heavy (non-hydrogen) atoms. The third-order valence-corrected chi connectivity index (χ3v) is 7.49. The van der Waals surface area contributed by atoms with Gasteiger partial charge in [-0.3, -0.25) is 19.7 Å². The lowest BCUT2D eigenvalue weighted by molar-refractivity contribution is -0.148. The van der Waals surface area contributed by atoms with E-state index in [0.29, 0.717) is 11.4 Å². The second kappa shape index (κ2) is 8.13. The maximum atomic E-state index is 13.8. The second-order valence-electron chi connectivity index (χ2n) is 8.26. The first-order chi connectivity index (χ1) is 16.0. The molecule has 7 nitrogen and oxygen atoms in total. The predicted molar refractivity (Wildman–Crippen MR) is 123 cm³/mol. The highest BCUT2D eigenvalue weighted by atomic mass is 32.1. The molecule has 8 heteroatoms. The molecular formula is C25H22N2O5S. The van der Waals surface area contributed by atoms with E-state index in [4.69, 9.17) is 4.74 Å². The summed E-state index contributed by atoms with van der Waals surface area (Å²) in [7, 11) is 1.47. The maximum absolute atomic E-state index is 13.8. The van der Waals surface area contributed by atoms with Gasteiger partial charge < -0.3 is 9.84 Å². The van der Waals surface area contributed by atoms with Crippen molar-refractivity contribution in [1.82, 2.24) is 5.32 Å². The number of aliphatic carboxylic acids is 1. The number of ether oxygens (including phenoxy) is 1. The SMILES string of the molecule is COc1ccccc1N1C(=O)C2C(c3cccs3)NC(Cc3ccccc3)(C(=O)O)C2C1=O. The number of carboxylic acids is 1. The summed E-state index contributed by atoms with van der Waals surface area (Å²) in [4.78, 5) is 42.4. The van der Waals surface area contributed by atoms with Crippen LogP contribution < -0.4 is 15.0 Å². The van der Waals surface area contributed by atoms with Gasteiger partial charge in [0.15, 0.2) is 0 Å². The van der Waals surface area contributed by atoms with Crippen molar-refractivity contribution >= 4 is 34.8 Å². The zero-order valence-electron chi connectivity index (χ0n) is 17.8. The monoisotopic (exact) mass is 462 g/mol. The Labute approximate surface area is 194 Å². The molecule has 0 radical (unpaired) electrons. The molecule has 2 saturated heterocycles. The number of nitrogens with zero attached hydrogens (tertiary/aromatic N) is 1. The van der Waals surface area contributed by atoms with Crippen LogP contribution in [0.1, 0.15) is 16.5 Å². The quantitative estimate of drug-likeness (QED) is 0.546. The van der Waals surface area contributed by atoms with Crippen molar-refractivity contribution in [2.24, 2.45) is 11.8 Å². The van der Waals surface area contributed by atoms with Crippen molar-refractivity contribution in [3.05, 3.63) is 82.6 Å². The van der Waals surface area contributed by atoms with Crippen molar-refractivity contribution in [3.8, 4) is 5.75 Å². The Balaban J connectivity index is 1.66. The van der Waals surface area contributed by atoms with Gasteiger partial charge in [0.2, 0.25) is 11.8 Å². The predicted octanol–water partition coefficient (Wildman–Crippen LogP) is 3.27. The third-order valence-electron chi connectivity index (χ3n) is 6.54. The van der Waals surface area contributed by atoms with Crippen LogP contribution in [0.15, 0.2) is 72.1 Å². The van der Waals surface area contributed by atoms with Crippen LogP contribution in [0.3, 0.4) is 0 Å². The van der Waals surface area contributed by atoms with Crippen LogP contribution >= 0.6 is 11.3 Å². The van der Waals surface area contributed by atoms with Gasteiger partial charge in [0.1, 0.15) is 11.3 Å². The van der Waals surface area contributed by atoms with Gasteiger partial charge in [-0.15, -0.1) is 11.3 Å². The van der Waals surface area contributed by atoms with Gasteiger partial charge in [-0.1, -0.05) is 48.5 Å². The van der Waals surface area contributed by atoms with Gasteiger partial charge in [-0.25, -0.2) is 4.90 Å². The largest absolute Gasteiger partial charge is 0.495 e. The van der Waals surface area contributed by atoms with E-state index in [-0.39, 0.29) is 6.42 Å². The molecule has 2 aliphatic rings. The second-order valence-corrected chi connectivity index (χ2v) is 9.24. The number of para-hydroxylation sites is 2. The average Bonchev–Trinajstić information content (AvgIpc) is 3.52. The molecule has 0 saturated carbocycles. The first-order valence-corrected chi connectivity index (χ1v) is 11.4. The summed E-state index contributed by atoms with van der Waals surface area (Å²) in [5.74, 6) is -3.64. The minimum absolute atomic E-state index is 0.0744. The van der Waals surface area contributed by atoms with Gasteiger partial charge in [0.25, 0.3) is 0 Å². The minimum atomic E-state index is -1.63. The van der Waals surface area contributed by atoms with E-state index in [1.807, 2.05) is 47.8 Å². The fraction of sp³-hybridized carbons (Fsp3) is 0.240. The Morgan fingerprint density at radius 1 is 1.06 bits per heavy atom. The number of amides is 2. The standard InChI is InChI=1S/C25H22N2O5S/c1-32-17-11-6-5-10-16(17)27-22(28)19-20(23(27)29)25(24(30)31,14-15-8-3-2-4-9-15)26-21(19)18-12-7-13-33-18/h2-13,19-21,26H,14H2,1H3,(H,30,31). The normalized spacial score (nSPS) is 26.5. The van der Waals surface area contributed by atoms with Gasteiger partial charge in [-0.2, -0.15) is 0 Å². The molecule has 5 rings (SSSR count). The molecule has 3 heterocycles. The fourth-order valence-corrected chi connectivity index (χ4v) is 5.94. The summed E-state index contributed by atoms with van der Waals surface area (Å²) in [6, 6.07) is 19.1. The number of benzene rings is 2. The summed E-state index contributed by atoms with van der Waals surface area (Å²) in [6.45, 7) is 0. The number of carboxylic acid groups (broad SMARTS) is 1. The lowest BCUT2D eigenvalue weighted by atomic mass is 9.76. The summed E-state index contributed by atoms with van der Waals surface area (Å²) < 4.78 is 5.39. The summed E-state index contributed by atoms with van der Waals surface area (Å²) >= 11 is 1.43. The molecule has 0 spiro atoms. The summed E-state index contributed by atoms with van der Waals surface area (Å²) in [6.07, 6.45) is 0.0744. The molecule has 2 aromatic carbocycles. The lowest BCUT2D eigenvalue weighted by Gasteiger charge is -2.31. The van der Waals surface area contributed by atoms with Gasteiger partial charge in [-0.05, 0) is 29.1 Å². The van der Waals surface area contributed by atoms with E-state index in [1.54, 1.807) is 24.3 Å². The van der Waals surface area contributed by atoms with Crippen molar-refractivity contribution in [2.75, 3.05) is 12.0 Å². The topological polar surface area (TPSA) is 95.9 Å². The number of thiophene rings is 1. The Bertz CT molecular complexity index is 1210. The molecule has 4 atom stereocenters. The lowest BCUT2D eigenvalue weighted by Crippen LogP contribution is -2.57. The van der Waals surface area contributed by atoms with Crippen LogP contribution in [-0.2, 0) is 20.8 Å². The minimum Gasteiger partial charge on any atom is -0.495 e. The number of carbonyl (C=O) groups is 3. The third kappa shape index (κ3) is 3.25. The molecule has 0 aliphatic carbocycles. The van der Waals surface area contributed by atoms with Gasteiger partial charge in [0, 0.05) is 11.3 Å². The van der Waals surface area contributed by atoms with Gasteiger partial charge >= 0.3 is 5.97 Å². The van der Waals surface area contributed by atoms with Crippen LogP contribution in [0.5, 0.6) is 5.75 Å². The van der Waals surface area contributed by atoms with Crippen molar-refractivity contribution < 1.29 is 24.2 Å². The highest BCUT2D eigenvalue weighted by Crippen LogP contribution is 2.52. The van der Waals surface area contributed by atoms with E-state index < -0.39 is 41.2 Å². The highest BCUT2D eigenvalue weighted by Gasteiger charge is 2.69. The number of carbonyl (C=O) groups excluding carboxylic acids is 2. The van der Waals surface area contributed by atoms with Crippen LogP contribution in [0, 0.1) is 11.8 Å². The highest BCUT2D eigenvalue weighted by molar-refractivity contribution is 7.10. The molecule has 2 fully saturated rings. The molecule has 2 amide bonds. The number of imide groups is 1. The first-order valence-electron chi connectivity index (χ1n) is 10.6. The number of rotatable bonds is 6. The molecule has 4 unspecified atom stereocenters. The van der Waals surface area contributed by atoms with E-state index in [0.717, 1.165) is 15.3 Å². The molecule has 2 N–H and O–H groups in total. The van der Waals surface area contributed by atoms with E-state index in [1.165, 1.54) is 18.4 Å². The average molecular weight is 463 g/mol. The summed E-state index contributed by atoms with van der Waals surface area (Å²) in [5, 5.41) is 15.6. The van der Waals surface area contributed by atoms with Crippen LogP contribution in [0.4, 0.5) is 5.69 Å². The number of nitrogens with one attached hydrogen (secondary N) is 1. The molecular weight excluding hydrogens is 440 g/mol. The zero-order chi connectivity index (χ0) is 23.2. The maximum Gasteiger partial charge on any atom is 0.325 e. The van der Waals surface area contributed by atoms with E-state index in [2.05, 4.69) is 5.32 Å². The Morgan fingerprint density at radius 3 is 2.45 bits per heavy atom. The van der Waals surface area contributed by atoms with Gasteiger partial charge in [0.05, 0.1) is 30.7 Å². The van der Waals surface area contributed by atoms with E-state index in [9.17, 15) is 19.5 Å².